The van der Waals surface area contributed by atoms with E-state index in [0.29, 0.717) is 5.56 Å². The summed E-state index contributed by atoms with van der Waals surface area (Å²) < 4.78 is 18.9. The van der Waals surface area contributed by atoms with Crippen LogP contribution in [0, 0.1) is 5.82 Å². The number of rotatable bonds is 3. The third kappa shape index (κ3) is 5.28. The second-order valence-electron chi connectivity index (χ2n) is 5.86. The first-order chi connectivity index (χ1) is 8.69. The van der Waals surface area contributed by atoms with Crippen molar-refractivity contribution in [3.05, 3.63) is 35.1 Å². The SMILES string of the molecule is CC(C)c1ccc(CNC(=O)OC(C)(C)C)c(F)c1. The van der Waals surface area contributed by atoms with Gasteiger partial charge in [0.1, 0.15) is 11.4 Å². The Labute approximate surface area is 114 Å². The van der Waals surface area contributed by atoms with Crippen molar-refractivity contribution in [3.8, 4) is 0 Å². The first kappa shape index (κ1) is 15.5. The molecule has 0 aliphatic rings. The van der Waals surface area contributed by atoms with Crippen molar-refractivity contribution in [2.24, 2.45) is 0 Å². The molecule has 4 heteroatoms. The molecule has 0 aliphatic heterocycles. The van der Waals surface area contributed by atoms with Gasteiger partial charge in [-0.3, -0.25) is 0 Å². The second-order valence-corrected chi connectivity index (χ2v) is 5.86. The number of alkyl carbamates (subject to hydrolysis) is 1. The molecule has 0 saturated carbocycles. The van der Waals surface area contributed by atoms with E-state index in [1.807, 2.05) is 19.9 Å². The van der Waals surface area contributed by atoms with Crippen LogP contribution in [-0.2, 0) is 11.3 Å². The van der Waals surface area contributed by atoms with Gasteiger partial charge in [-0.25, -0.2) is 9.18 Å². The summed E-state index contributed by atoms with van der Waals surface area (Å²) in [5, 5.41) is 2.54. The van der Waals surface area contributed by atoms with Crippen molar-refractivity contribution in [3.63, 3.8) is 0 Å². The summed E-state index contributed by atoms with van der Waals surface area (Å²) in [4.78, 5) is 11.5. The Bertz CT molecular complexity index is 450. The molecule has 0 heterocycles. The van der Waals surface area contributed by atoms with Gasteiger partial charge < -0.3 is 10.1 Å². The molecular weight excluding hydrogens is 245 g/mol. The molecule has 0 atom stereocenters. The number of hydrogen-bond acceptors (Lipinski definition) is 2. The van der Waals surface area contributed by atoms with Crippen LogP contribution in [0.2, 0.25) is 0 Å². The zero-order valence-corrected chi connectivity index (χ0v) is 12.2. The highest BCUT2D eigenvalue weighted by Crippen LogP contribution is 2.18. The molecule has 0 bridgehead atoms. The smallest absolute Gasteiger partial charge is 0.407 e. The monoisotopic (exact) mass is 267 g/mol. The molecule has 0 spiro atoms. The highest BCUT2D eigenvalue weighted by atomic mass is 19.1. The van der Waals surface area contributed by atoms with Crippen molar-refractivity contribution in [2.75, 3.05) is 0 Å². The first-order valence-corrected chi connectivity index (χ1v) is 6.44. The number of carbonyl (C=O) groups is 1. The van der Waals surface area contributed by atoms with Gasteiger partial charge in [-0.1, -0.05) is 26.0 Å². The fourth-order valence-electron chi connectivity index (χ4n) is 1.55. The Hall–Kier alpha value is -1.58. The van der Waals surface area contributed by atoms with Crippen LogP contribution in [0.3, 0.4) is 0 Å². The second kappa shape index (κ2) is 6.04. The van der Waals surface area contributed by atoms with E-state index in [-0.39, 0.29) is 18.3 Å². The first-order valence-electron chi connectivity index (χ1n) is 6.44. The van der Waals surface area contributed by atoms with E-state index in [1.54, 1.807) is 26.8 Å². The molecule has 0 aliphatic carbocycles. The van der Waals surface area contributed by atoms with E-state index in [9.17, 15) is 9.18 Å². The fraction of sp³-hybridized carbons (Fsp3) is 0.533. The zero-order chi connectivity index (χ0) is 14.6. The molecule has 0 unspecified atom stereocenters. The van der Waals surface area contributed by atoms with Crippen LogP contribution in [0.15, 0.2) is 18.2 Å². The minimum Gasteiger partial charge on any atom is -0.444 e. The standard InChI is InChI=1S/C15H22FNO2/c1-10(2)11-6-7-12(13(16)8-11)9-17-14(18)19-15(3,4)5/h6-8,10H,9H2,1-5H3,(H,17,18). The normalized spacial score (nSPS) is 11.5. The molecule has 1 amide bonds. The molecule has 1 rings (SSSR count). The number of carbonyl (C=O) groups excluding carboxylic acids is 1. The van der Waals surface area contributed by atoms with Crippen molar-refractivity contribution in [1.82, 2.24) is 5.32 Å². The average molecular weight is 267 g/mol. The minimum atomic E-state index is -0.551. The van der Waals surface area contributed by atoms with E-state index in [0.717, 1.165) is 5.56 Å². The van der Waals surface area contributed by atoms with E-state index in [2.05, 4.69) is 5.32 Å². The Morgan fingerprint density at radius 3 is 2.47 bits per heavy atom. The number of ether oxygens (including phenoxy) is 1. The van der Waals surface area contributed by atoms with E-state index >= 15 is 0 Å². The summed E-state index contributed by atoms with van der Waals surface area (Å²) in [6.07, 6.45) is -0.542. The van der Waals surface area contributed by atoms with Crippen molar-refractivity contribution >= 4 is 6.09 Å². The molecule has 1 aromatic rings. The highest BCUT2D eigenvalue weighted by molar-refractivity contribution is 5.67. The Morgan fingerprint density at radius 1 is 1.37 bits per heavy atom. The fourth-order valence-corrected chi connectivity index (χ4v) is 1.55. The summed E-state index contributed by atoms with van der Waals surface area (Å²) in [5.74, 6) is -0.0235. The van der Waals surface area contributed by atoms with Crippen LogP contribution >= 0.6 is 0 Å². The van der Waals surface area contributed by atoms with Gasteiger partial charge in [0, 0.05) is 12.1 Å². The van der Waals surface area contributed by atoms with Crippen molar-refractivity contribution in [1.29, 1.82) is 0 Å². The number of benzene rings is 1. The minimum absolute atomic E-state index is 0.124. The quantitative estimate of drug-likeness (QED) is 0.899. The van der Waals surface area contributed by atoms with E-state index in [4.69, 9.17) is 4.74 Å². The molecule has 0 fully saturated rings. The molecule has 0 radical (unpaired) electrons. The van der Waals surface area contributed by atoms with Gasteiger partial charge in [0.15, 0.2) is 0 Å². The topological polar surface area (TPSA) is 38.3 Å². The van der Waals surface area contributed by atoms with E-state index in [1.165, 1.54) is 6.07 Å². The number of halogens is 1. The summed E-state index contributed by atoms with van der Waals surface area (Å²) in [5.41, 5.74) is 0.846. The zero-order valence-electron chi connectivity index (χ0n) is 12.2. The maximum absolute atomic E-state index is 13.8. The van der Waals surface area contributed by atoms with E-state index < -0.39 is 11.7 Å². The molecule has 19 heavy (non-hydrogen) atoms. The molecule has 3 nitrogen and oxygen atoms in total. The highest BCUT2D eigenvalue weighted by Gasteiger charge is 2.16. The van der Waals surface area contributed by atoms with Crippen molar-refractivity contribution in [2.45, 2.75) is 52.7 Å². The summed E-state index contributed by atoms with van der Waals surface area (Å²) in [6.45, 7) is 9.49. The van der Waals surface area contributed by atoms with Gasteiger partial charge >= 0.3 is 6.09 Å². The molecular formula is C15H22FNO2. The third-order valence-electron chi connectivity index (χ3n) is 2.57. The van der Waals surface area contributed by atoms with Gasteiger partial charge in [-0.15, -0.1) is 0 Å². The Balaban J connectivity index is 2.61. The molecule has 1 N–H and O–H groups in total. The van der Waals surface area contributed by atoms with Crippen LogP contribution in [0.5, 0.6) is 0 Å². The number of nitrogens with one attached hydrogen (secondary N) is 1. The summed E-state index contributed by atoms with van der Waals surface area (Å²) in [7, 11) is 0. The maximum Gasteiger partial charge on any atom is 0.407 e. The Kier molecular flexibility index (Phi) is 4.92. The van der Waals surface area contributed by atoms with Crippen molar-refractivity contribution < 1.29 is 13.9 Å². The lowest BCUT2D eigenvalue weighted by Crippen LogP contribution is -2.32. The lowest BCUT2D eigenvalue weighted by molar-refractivity contribution is 0.0523. The lowest BCUT2D eigenvalue weighted by atomic mass is 10.0. The van der Waals surface area contributed by atoms with Gasteiger partial charge in [-0.2, -0.15) is 0 Å². The van der Waals surface area contributed by atoms with Gasteiger partial charge in [0.2, 0.25) is 0 Å². The van der Waals surface area contributed by atoms with Gasteiger partial charge in [-0.05, 0) is 38.3 Å². The number of hydrogen-bond donors (Lipinski definition) is 1. The summed E-state index contributed by atoms with van der Waals surface area (Å²) >= 11 is 0. The molecule has 1 aromatic carbocycles. The van der Waals surface area contributed by atoms with Gasteiger partial charge in [0.05, 0.1) is 0 Å². The predicted molar refractivity (Wildman–Crippen MR) is 73.6 cm³/mol. The van der Waals surface area contributed by atoms with Crippen LogP contribution < -0.4 is 5.32 Å². The average Bonchev–Trinajstić information content (AvgIpc) is 2.24. The Morgan fingerprint density at radius 2 is 2.00 bits per heavy atom. The predicted octanol–water partition coefficient (Wildman–Crippen LogP) is 3.97. The summed E-state index contributed by atoms with van der Waals surface area (Å²) in [6, 6.07) is 5.08. The molecule has 106 valence electrons. The van der Waals surface area contributed by atoms with Crippen LogP contribution in [-0.4, -0.2) is 11.7 Å². The third-order valence-corrected chi connectivity index (χ3v) is 2.57. The van der Waals surface area contributed by atoms with Crippen LogP contribution in [0.4, 0.5) is 9.18 Å². The molecule has 0 aromatic heterocycles. The van der Waals surface area contributed by atoms with Gasteiger partial charge in [0.25, 0.3) is 0 Å². The maximum atomic E-state index is 13.8. The lowest BCUT2D eigenvalue weighted by Gasteiger charge is -2.19. The largest absolute Gasteiger partial charge is 0.444 e. The van der Waals surface area contributed by atoms with Crippen LogP contribution in [0.1, 0.15) is 51.7 Å². The van der Waals surface area contributed by atoms with Crippen LogP contribution in [0.25, 0.3) is 0 Å². The molecule has 0 saturated heterocycles. The number of amides is 1.